The molecule has 1 N–H and O–H groups in total. The Morgan fingerprint density at radius 3 is 2.29 bits per heavy atom. The molecule has 0 saturated heterocycles. The third-order valence-electron chi connectivity index (χ3n) is 3.51. The minimum Gasteiger partial charge on any atom is -0.466 e. The fourth-order valence-electron chi connectivity index (χ4n) is 2.27. The van der Waals surface area contributed by atoms with E-state index in [2.05, 4.69) is 4.72 Å². The van der Waals surface area contributed by atoms with Gasteiger partial charge in [-0.15, -0.1) is 0 Å². The van der Waals surface area contributed by atoms with Gasteiger partial charge in [-0.3, -0.25) is 4.79 Å². The van der Waals surface area contributed by atoms with Crippen LogP contribution in [-0.2, 0) is 19.6 Å². The highest BCUT2D eigenvalue weighted by molar-refractivity contribution is 7.89. The first-order valence-corrected chi connectivity index (χ1v) is 9.20. The Kier molecular flexibility index (Phi) is 6.11. The molecule has 0 heterocycles. The smallest absolute Gasteiger partial charge is 0.307 e. The minimum atomic E-state index is -3.74. The van der Waals surface area contributed by atoms with E-state index < -0.39 is 22.0 Å². The van der Waals surface area contributed by atoms with Gasteiger partial charge in [-0.05, 0) is 31.5 Å². The van der Waals surface area contributed by atoms with Gasteiger partial charge in [0.25, 0.3) is 0 Å². The summed E-state index contributed by atoms with van der Waals surface area (Å²) in [4.78, 5) is 12.0. The first-order valence-electron chi connectivity index (χ1n) is 7.72. The summed E-state index contributed by atoms with van der Waals surface area (Å²) in [5, 5.41) is 0. The first kappa shape index (κ1) is 18.2. The number of rotatable bonds is 7. The van der Waals surface area contributed by atoms with Crippen LogP contribution in [0.1, 0.15) is 30.5 Å². The van der Waals surface area contributed by atoms with Gasteiger partial charge in [0, 0.05) is 0 Å². The largest absolute Gasteiger partial charge is 0.466 e. The number of carbonyl (C=O) groups excluding carboxylic acids is 1. The summed E-state index contributed by atoms with van der Waals surface area (Å²) >= 11 is 0. The van der Waals surface area contributed by atoms with Crippen molar-refractivity contribution in [2.75, 3.05) is 6.61 Å². The van der Waals surface area contributed by atoms with E-state index in [1.54, 1.807) is 55.5 Å². The van der Waals surface area contributed by atoms with E-state index in [9.17, 15) is 13.2 Å². The van der Waals surface area contributed by atoms with Gasteiger partial charge in [0.15, 0.2) is 0 Å². The molecule has 0 aliphatic rings. The van der Waals surface area contributed by atoms with Gasteiger partial charge in [0.1, 0.15) is 0 Å². The van der Waals surface area contributed by atoms with E-state index in [1.807, 2.05) is 13.0 Å². The molecule has 0 unspecified atom stereocenters. The van der Waals surface area contributed by atoms with Gasteiger partial charge in [-0.1, -0.05) is 48.0 Å². The highest BCUT2D eigenvalue weighted by atomic mass is 32.2. The molecule has 2 rings (SSSR count). The number of sulfonamides is 1. The lowest BCUT2D eigenvalue weighted by molar-refractivity contribution is -0.143. The lowest BCUT2D eigenvalue weighted by Crippen LogP contribution is -2.30. The Labute approximate surface area is 142 Å². The number of hydrogen-bond donors (Lipinski definition) is 1. The van der Waals surface area contributed by atoms with Crippen LogP contribution >= 0.6 is 0 Å². The van der Waals surface area contributed by atoms with Crippen LogP contribution in [0.2, 0.25) is 0 Å². The average molecular weight is 347 g/mol. The van der Waals surface area contributed by atoms with Gasteiger partial charge >= 0.3 is 5.97 Å². The minimum absolute atomic E-state index is 0.0665. The zero-order valence-electron chi connectivity index (χ0n) is 13.7. The van der Waals surface area contributed by atoms with Gasteiger partial charge in [-0.25, -0.2) is 13.1 Å². The maximum Gasteiger partial charge on any atom is 0.307 e. The second-order valence-electron chi connectivity index (χ2n) is 5.41. The van der Waals surface area contributed by atoms with Crippen LogP contribution in [0.3, 0.4) is 0 Å². The van der Waals surface area contributed by atoms with E-state index in [1.165, 1.54) is 0 Å². The normalized spacial score (nSPS) is 12.6. The third kappa shape index (κ3) is 4.91. The number of aryl methyl sites for hydroxylation is 1. The molecule has 5 nitrogen and oxygen atoms in total. The zero-order chi connectivity index (χ0) is 17.6. The average Bonchev–Trinajstić information content (AvgIpc) is 2.55. The maximum absolute atomic E-state index is 12.6. The third-order valence-corrected chi connectivity index (χ3v) is 4.99. The van der Waals surface area contributed by atoms with Crippen molar-refractivity contribution >= 4 is 16.0 Å². The summed E-state index contributed by atoms with van der Waals surface area (Å²) in [5.74, 6) is -0.446. The summed E-state index contributed by atoms with van der Waals surface area (Å²) in [6, 6.07) is 14.9. The molecule has 2 aromatic rings. The molecule has 24 heavy (non-hydrogen) atoms. The molecule has 0 radical (unpaired) electrons. The number of ether oxygens (including phenoxy) is 1. The Morgan fingerprint density at radius 2 is 1.71 bits per heavy atom. The Morgan fingerprint density at radius 1 is 1.08 bits per heavy atom. The Balaban J connectivity index is 2.27. The fraction of sp³-hybridized carbons (Fsp3) is 0.278. The van der Waals surface area contributed by atoms with Crippen molar-refractivity contribution in [2.24, 2.45) is 0 Å². The van der Waals surface area contributed by atoms with E-state index >= 15 is 0 Å². The number of benzene rings is 2. The predicted molar refractivity (Wildman–Crippen MR) is 91.9 cm³/mol. The summed E-state index contributed by atoms with van der Waals surface area (Å²) in [6.07, 6.45) is -0.0665. The van der Waals surface area contributed by atoms with Crippen molar-refractivity contribution in [2.45, 2.75) is 31.2 Å². The summed E-state index contributed by atoms with van der Waals surface area (Å²) in [6.45, 7) is 3.86. The van der Waals surface area contributed by atoms with Crippen molar-refractivity contribution in [1.82, 2.24) is 4.72 Å². The molecule has 0 aromatic heterocycles. The maximum atomic E-state index is 12.6. The molecule has 2 aromatic carbocycles. The molecule has 6 heteroatoms. The molecule has 0 amide bonds. The number of carbonyl (C=O) groups is 1. The fourth-order valence-corrected chi connectivity index (χ4v) is 3.50. The first-order chi connectivity index (χ1) is 11.4. The highest BCUT2D eigenvalue weighted by Gasteiger charge is 2.24. The van der Waals surface area contributed by atoms with E-state index in [-0.39, 0.29) is 17.9 Å². The molecule has 1 atom stereocenters. The lowest BCUT2D eigenvalue weighted by Gasteiger charge is -2.18. The summed E-state index contributed by atoms with van der Waals surface area (Å²) < 4.78 is 32.8. The van der Waals surface area contributed by atoms with Gasteiger partial charge < -0.3 is 4.74 Å². The second-order valence-corrected chi connectivity index (χ2v) is 7.12. The topological polar surface area (TPSA) is 72.5 Å². The summed E-state index contributed by atoms with van der Waals surface area (Å²) in [7, 11) is -3.74. The van der Waals surface area contributed by atoms with Crippen molar-refractivity contribution in [3.63, 3.8) is 0 Å². The standard InChI is InChI=1S/C18H21NO4S/c1-3-23-18(20)13-17(15-7-5-4-6-8-15)19-24(21,22)16-11-9-14(2)10-12-16/h4-12,17,19H,3,13H2,1-2H3/t17-/m1/s1. The van der Waals surface area contributed by atoms with E-state index in [0.717, 1.165) is 5.56 Å². The number of nitrogens with one attached hydrogen (secondary N) is 1. The summed E-state index contributed by atoms with van der Waals surface area (Å²) in [5.41, 5.74) is 1.68. The SMILES string of the molecule is CCOC(=O)C[C@@H](NS(=O)(=O)c1ccc(C)cc1)c1ccccc1. The van der Waals surface area contributed by atoms with Crippen LogP contribution in [0.4, 0.5) is 0 Å². The van der Waals surface area contributed by atoms with E-state index in [0.29, 0.717) is 5.56 Å². The second kappa shape index (κ2) is 8.08. The quantitative estimate of drug-likeness (QED) is 0.782. The van der Waals surface area contributed by atoms with Crippen LogP contribution < -0.4 is 4.72 Å². The van der Waals surface area contributed by atoms with Crippen molar-refractivity contribution in [1.29, 1.82) is 0 Å². The molecular weight excluding hydrogens is 326 g/mol. The Hall–Kier alpha value is -2.18. The Bertz CT molecular complexity index is 770. The number of esters is 1. The number of hydrogen-bond acceptors (Lipinski definition) is 4. The van der Waals surface area contributed by atoms with Crippen LogP contribution in [0.15, 0.2) is 59.5 Å². The molecular formula is C18H21NO4S. The lowest BCUT2D eigenvalue weighted by atomic mass is 10.1. The highest BCUT2D eigenvalue weighted by Crippen LogP contribution is 2.21. The van der Waals surface area contributed by atoms with Crippen LogP contribution in [0, 0.1) is 6.92 Å². The molecule has 0 spiro atoms. The van der Waals surface area contributed by atoms with Gasteiger partial charge in [0.2, 0.25) is 10.0 Å². The molecule has 128 valence electrons. The molecule has 0 fully saturated rings. The predicted octanol–water partition coefficient (Wildman–Crippen LogP) is 2.97. The van der Waals surface area contributed by atoms with E-state index in [4.69, 9.17) is 4.74 Å². The van der Waals surface area contributed by atoms with Crippen LogP contribution in [0.5, 0.6) is 0 Å². The van der Waals surface area contributed by atoms with Gasteiger partial charge in [0.05, 0.1) is 24.0 Å². The van der Waals surface area contributed by atoms with Crippen molar-refractivity contribution < 1.29 is 17.9 Å². The zero-order valence-corrected chi connectivity index (χ0v) is 14.5. The van der Waals surface area contributed by atoms with Crippen LogP contribution in [-0.4, -0.2) is 21.0 Å². The molecule has 0 saturated carbocycles. The van der Waals surface area contributed by atoms with Crippen molar-refractivity contribution in [3.8, 4) is 0 Å². The molecule has 0 aliphatic carbocycles. The monoisotopic (exact) mass is 347 g/mol. The van der Waals surface area contributed by atoms with Crippen molar-refractivity contribution in [3.05, 3.63) is 65.7 Å². The van der Waals surface area contributed by atoms with Gasteiger partial charge in [-0.2, -0.15) is 0 Å². The molecule has 0 aliphatic heterocycles. The molecule has 0 bridgehead atoms. The van der Waals surface area contributed by atoms with Crippen LogP contribution in [0.25, 0.3) is 0 Å².